The summed E-state index contributed by atoms with van der Waals surface area (Å²) in [4.78, 5) is 4.45. The summed E-state index contributed by atoms with van der Waals surface area (Å²) in [6.07, 6.45) is 4.79. The molecule has 2 aromatic rings. The zero-order valence-corrected chi connectivity index (χ0v) is 12.1. The topological polar surface area (TPSA) is 74.2 Å². The second-order valence-corrected chi connectivity index (χ2v) is 5.45. The van der Waals surface area contributed by atoms with Crippen molar-refractivity contribution in [2.24, 2.45) is 5.73 Å². The monoisotopic (exact) mass is 287 g/mol. The molecule has 2 atom stereocenters. The van der Waals surface area contributed by atoms with Crippen molar-refractivity contribution in [3.05, 3.63) is 47.6 Å². The molecule has 1 aromatic carbocycles. The van der Waals surface area contributed by atoms with Crippen molar-refractivity contribution >= 4 is 0 Å². The zero-order valence-electron chi connectivity index (χ0n) is 12.1. The maximum Gasteiger partial charge on any atom is 0.255 e. The summed E-state index contributed by atoms with van der Waals surface area (Å²) >= 11 is 0. The standard InChI is InChI=1S/C16H21N3O2/c17-11-13-9-10-14(20-13)16-18-15(19-21-16)8-4-7-12-5-2-1-3-6-12/h1-3,5-6,13-14H,4,7-11,17H2/t13-,14+/m0/s1. The van der Waals surface area contributed by atoms with Gasteiger partial charge in [0.05, 0.1) is 6.10 Å². The fraction of sp³-hybridized carbons (Fsp3) is 0.500. The first kappa shape index (κ1) is 14.2. The molecule has 0 unspecified atom stereocenters. The molecule has 0 saturated carbocycles. The van der Waals surface area contributed by atoms with Gasteiger partial charge in [-0.05, 0) is 31.2 Å². The van der Waals surface area contributed by atoms with Crippen molar-refractivity contribution in [2.45, 2.75) is 44.3 Å². The Morgan fingerprint density at radius 2 is 2.00 bits per heavy atom. The van der Waals surface area contributed by atoms with Crippen molar-refractivity contribution in [1.82, 2.24) is 10.1 Å². The fourth-order valence-corrected chi connectivity index (χ4v) is 2.66. The minimum Gasteiger partial charge on any atom is -0.364 e. The Hall–Kier alpha value is -1.72. The molecule has 0 spiro atoms. The van der Waals surface area contributed by atoms with Crippen LogP contribution in [-0.2, 0) is 17.6 Å². The molecule has 1 aromatic heterocycles. The van der Waals surface area contributed by atoms with Crippen LogP contribution in [0.25, 0.3) is 0 Å². The quantitative estimate of drug-likeness (QED) is 0.883. The third-order valence-electron chi connectivity index (χ3n) is 3.84. The molecule has 5 nitrogen and oxygen atoms in total. The molecule has 0 amide bonds. The van der Waals surface area contributed by atoms with Crippen LogP contribution in [0.1, 0.15) is 42.6 Å². The first-order valence-corrected chi connectivity index (χ1v) is 7.57. The van der Waals surface area contributed by atoms with Crippen LogP contribution in [0.3, 0.4) is 0 Å². The molecule has 3 rings (SSSR count). The first-order chi connectivity index (χ1) is 10.3. The van der Waals surface area contributed by atoms with Crippen LogP contribution in [0.5, 0.6) is 0 Å². The summed E-state index contributed by atoms with van der Waals surface area (Å²) < 4.78 is 11.1. The second-order valence-electron chi connectivity index (χ2n) is 5.45. The Kier molecular flexibility index (Phi) is 4.62. The smallest absolute Gasteiger partial charge is 0.255 e. The Balaban J connectivity index is 1.49. The summed E-state index contributed by atoms with van der Waals surface area (Å²) in [5.41, 5.74) is 6.95. The largest absolute Gasteiger partial charge is 0.364 e. The lowest BCUT2D eigenvalue weighted by Crippen LogP contribution is -2.18. The number of nitrogens with zero attached hydrogens (tertiary/aromatic N) is 2. The van der Waals surface area contributed by atoms with Crippen LogP contribution in [0.4, 0.5) is 0 Å². The van der Waals surface area contributed by atoms with Crippen molar-refractivity contribution in [3.63, 3.8) is 0 Å². The molecule has 112 valence electrons. The average molecular weight is 287 g/mol. The fourth-order valence-electron chi connectivity index (χ4n) is 2.66. The third-order valence-corrected chi connectivity index (χ3v) is 3.84. The van der Waals surface area contributed by atoms with Crippen LogP contribution >= 0.6 is 0 Å². The van der Waals surface area contributed by atoms with E-state index in [9.17, 15) is 0 Å². The molecule has 0 aliphatic carbocycles. The third kappa shape index (κ3) is 3.68. The van der Waals surface area contributed by atoms with Crippen LogP contribution in [0.15, 0.2) is 34.9 Å². The van der Waals surface area contributed by atoms with Gasteiger partial charge in [0.15, 0.2) is 5.82 Å². The lowest BCUT2D eigenvalue weighted by atomic mass is 10.1. The SMILES string of the molecule is NC[C@@H]1CC[C@H](c2nc(CCCc3ccccc3)no2)O1. The van der Waals surface area contributed by atoms with Gasteiger partial charge in [-0.15, -0.1) is 0 Å². The molecule has 0 radical (unpaired) electrons. The van der Waals surface area contributed by atoms with Gasteiger partial charge >= 0.3 is 0 Å². The molecule has 1 fully saturated rings. The predicted octanol–water partition coefficient (Wildman–Crippen LogP) is 2.42. The van der Waals surface area contributed by atoms with Crippen LogP contribution in [0, 0.1) is 0 Å². The number of ether oxygens (including phenoxy) is 1. The van der Waals surface area contributed by atoms with E-state index in [2.05, 4.69) is 34.4 Å². The lowest BCUT2D eigenvalue weighted by molar-refractivity contribution is 0.0307. The Labute approximate surface area is 124 Å². The van der Waals surface area contributed by atoms with Gasteiger partial charge in [0.1, 0.15) is 6.10 Å². The van der Waals surface area contributed by atoms with E-state index in [0.717, 1.165) is 37.9 Å². The number of nitrogens with two attached hydrogens (primary N) is 1. The maximum absolute atomic E-state index is 5.76. The van der Waals surface area contributed by atoms with Crippen molar-refractivity contribution < 1.29 is 9.26 Å². The highest BCUT2D eigenvalue weighted by Crippen LogP contribution is 2.31. The minimum absolute atomic E-state index is 0.0751. The highest BCUT2D eigenvalue weighted by atomic mass is 16.5. The Morgan fingerprint density at radius 3 is 2.76 bits per heavy atom. The van der Waals surface area contributed by atoms with Gasteiger partial charge in [-0.1, -0.05) is 35.5 Å². The van der Waals surface area contributed by atoms with Gasteiger partial charge in [0.2, 0.25) is 0 Å². The molecular weight excluding hydrogens is 266 g/mol. The van der Waals surface area contributed by atoms with Crippen LogP contribution < -0.4 is 5.73 Å². The average Bonchev–Trinajstić information content (AvgIpc) is 3.17. The van der Waals surface area contributed by atoms with E-state index in [4.69, 9.17) is 15.0 Å². The van der Waals surface area contributed by atoms with Gasteiger partial charge in [0.25, 0.3) is 5.89 Å². The van der Waals surface area contributed by atoms with E-state index in [0.29, 0.717) is 12.4 Å². The first-order valence-electron chi connectivity index (χ1n) is 7.57. The molecule has 2 N–H and O–H groups in total. The van der Waals surface area contributed by atoms with Gasteiger partial charge in [-0.25, -0.2) is 0 Å². The number of benzene rings is 1. The minimum atomic E-state index is -0.0751. The number of aryl methyl sites for hydroxylation is 2. The maximum atomic E-state index is 5.76. The normalized spacial score (nSPS) is 21.8. The molecule has 1 aliphatic heterocycles. The highest BCUT2D eigenvalue weighted by molar-refractivity contribution is 5.14. The zero-order chi connectivity index (χ0) is 14.5. The predicted molar refractivity (Wildman–Crippen MR) is 78.7 cm³/mol. The van der Waals surface area contributed by atoms with Gasteiger partial charge in [-0.2, -0.15) is 4.98 Å². The summed E-state index contributed by atoms with van der Waals surface area (Å²) in [6.45, 7) is 0.550. The summed E-state index contributed by atoms with van der Waals surface area (Å²) in [5.74, 6) is 1.36. The highest BCUT2D eigenvalue weighted by Gasteiger charge is 2.29. The number of rotatable bonds is 6. The summed E-state index contributed by atoms with van der Waals surface area (Å²) in [6, 6.07) is 10.4. The Morgan fingerprint density at radius 1 is 1.14 bits per heavy atom. The molecule has 21 heavy (non-hydrogen) atoms. The Bertz CT molecular complexity index is 556. The van der Waals surface area contributed by atoms with E-state index in [1.807, 2.05) is 6.07 Å². The summed E-state index contributed by atoms with van der Waals surface area (Å²) in [7, 11) is 0. The van der Waals surface area contributed by atoms with E-state index >= 15 is 0 Å². The van der Waals surface area contributed by atoms with Gasteiger partial charge in [-0.3, -0.25) is 0 Å². The summed E-state index contributed by atoms with van der Waals surface area (Å²) in [5, 5.41) is 4.05. The number of hydrogen-bond donors (Lipinski definition) is 1. The van der Waals surface area contributed by atoms with Crippen LogP contribution in [-0.4, -0.2) is 22.8 Å². The van der Waals surface area contributed by atoms with Crippen molar-refractivity contribution in [1.29, 1.82) is 0 Å². The molecule has 5 heteroatoms. The molecular formula is C16H21N3O2. The molecule has 0 bridgehead atoms. The van der Waals surface area contributed by atoms with Crippen molar-refractivity contribution in [3.8, 4) is 0 Å². The molecule has 2 heterocycles. The van der Waals surface area contributed by atoms with Crippen molar-refractivity contribution in [2.75, 3.05) is 6.54 Å². The van der Waals surface area contributed by atoms with E-state index in [-0.39, 0.29) is 12.2 Å². The van der Waals surface area contributed by atoms with E-state index < -0.39 is 0 Å². The van der Waals surface area contributed by atoms with Gasteiger partial charge < -0.3 is 15.0 Å². The number of hydrogen-bond acceptors (Lipinski definition) is 5. The lowest BCUT2D eigenvalue weighted by Gasteiger charge is -2.07. The van der Waals surface area contributed by atoms with Gasteiger partial charge in [0, 0.05) is 13.0 Å². The second kappa shape index (κ2) is 6.83. The van der Waals surface area contributed by atoms with E-state index in [1.165, 1.54) is 5.56 Å². The van der Waals surface area contributed by atoms with Crippen LogP contribution in [0.2, 0.25) is 0 Å². The molecule has 1 saturated heterocycles. The van der Waals surface area contributed by atoms with E-state index in [1.54, 1.807) is 0 Å². The molecule has 1 aliphatic rings. The number of aromatic nitrogens is 2.